The summed E-state index contributed by atoms with van der Waals surface area (Å²) in [4.78, 5) is 4.62. The van der Waals surface area contributed by atoms with Crippen LogP contribution in [0.2, 0.25) is 5.02 Å². The molecule has 7 heteroatoms. The number of nitrogens with zero attached hydrogens (tertiary/aromatic N) is 2. The van der Waals surface area contributed by atoms with Crippen LogP contribution in [-0.4, -0.2) is 22.6 Å². The maximum atomic E-state index is 14.6. The zero-order valence-electron chi connectivity index (χ0n) is 15.4. The van der Waals surface area contributed by atoms with Crippen LogP contribution in [0.5, 0.6) is 11.5 Å². The van der Waals surface area contributed by atoms with Crippen molar-refractivity contribution in [2.75, 3.05) is 18.5 Å². The Morgan fingerprint density at radius 3 is 2.76 bits per heavy atom. The standard InChI is InChI=1S/C22H17ClFN3O2/c23-15-4-3-5-16(24)20(15)21-22(27-9-2-1-6-19(27)26-21)25-13-14-7-8-17-18(12-14)29-11-10-28-17/h1-9,12,25H,10-11,13H2. The van der Waals surface area contributed by atoms with Crippen LogP contribution in [0.4, 0.5) is 10.2 Å². The number of nitrogens with one attached hydrogen (secondary N) is 1. The summed E-state index contributed by atoms with van der Waals surface area (Å²) in [6.45, 7) is 1.59. The van der Waals surface area contributed by atoms with E-state index < -0.39 is 5.82 Å². The van der Waals surface area contributed by atoms with Gasteiger partial charge in [-0.1, -0.05) is 29.8 Å². The summed E-state index contributed by atoms with van der Waals surface area (Å²) in [6, 6.07) is 16.1. The van der Waals surface area contributed by atoms with Crippen molar-refractivity contribution in [1.29, 1.82) is 0 Å². The van der Waals surface area contributed by atoms with E-state index in [-0.39, 0.29) is 5.56 Å². The third kappa shape index (κ3) is 3.25. The fourth-order valence-corrected chi connectivity index (χ4v) is 3.70. The van der Waals surface area contributed by atoms with Crippen molar-refractivity contribution < 1.29 is 13.9 Å². The van der Waals surface area contributed by atoms with Crippen molar-refractivity contribution in [3.63, 3.8) is 0 Å². The molecule has 1 aliphatic heterocycles. The van der Waals surface area contributed by atoms with E-state index in [1.165, 1.54) is 6.07 Å². The van der Waals surface area contributed by atoms with Crippen LogP contribution < -0.4 is 14.8 Å². The first kappa shape index (κ1) is 17.8. The Balaban J connectivity index is 1.54. The summed E-state index contributed by atoms with van der Waals surface area (Å²) < 4.78 is 27.7. The van der Waals surface area contributed by atoms with E-state index in [1.54, 1.807) is 12.1 Å². The number of fused-ring (bicyclic) bond motifs is 2. The molecule has 0 aliphatic carbocycles. The lowest BCUT2D eigenvalue weighted by atomic mass is 10.1. The Hall–Kier alpha value is -3.25. The molecule has 3 heterocycles. The molecule has 2 aromatic heterocycles. The van der Waals surface area contributed by atoms with Gasteiger partial charge in [-0.25, -0.2) is 9.37 Å². The van der Waals surface area contributed by atoms with Crippen LogP contribution in [0.25, 0.3) is 16.9 Å². The number of benzene rings is 2. The molecule has 2 aromatic carbocycles. The quantitative estimate of drug-likeness (QED) is 0.504. The highest BCUT2D eigenvalue weighted by Crippen LogP contribution is 2.36. The van der Waals surface area contributed by atoms with Gasteiger partial charge in [0.2, 0.25) is 0 Å². The predicted octanol–water partition coefficient (Wildman–Crippen LogP) is 5.18. The summed E-state index contributed by atoms with van der Waals surface area (Å²) in [5.41, 5.74) is 2.46. The Morgan fingerprint density at radius 2 is 1.90 bits per heavy atom. The van der Waals surface area contributed by atoms with Gasteiger partial charge < -0.3 is 14.8 Å². The summed E-state index contributed by atoms with van der Waals surface area (Å²) in [7, 11) is 0. The molecule has 1 N–H and O–H groups in total. The number of ether oxygens (including phenoxy) is 2. The number of rotatable bonds is 4. The van der Waals surface area contributed by atoms with E-state index in [0.717, 1.165) is 17.1 Å². The molecule has 0 atom stereocenters. The smallest absolute Gasteiger partial charge is 0.161 e. The van der Waals surface area contributed by atoms with E-state index in [2.05, 4.69) is 10.3 Å². The van der Waals surface area contributed by atoms with Crippen LogP contribution in [0, 0.1) is 5.82 Å². The summed E-state index contributed by atoms with van der Waals surface area (Å²) >= 11 is 6.31. The molecule has 0 amide bonds. The Labute approximate surface area is 171 Å². The SMILES string of the molecule is Fc1cccc(Cl)c1-c1nc2ccccn2c1NCc1ccc2c(c1)OCCO2. The maximum absolute atomic E-state index is 14.6. The van der Waals surface area contributed by atoms with Gasteiger partial charge in [0.05, 0.1) is 10.6 Å². The van der Waals surface area contributed by atoms with Crippen LogP contribution in [0.3, 0.4) is 0 Å². The molecule has 0 spiro atoms. The summed E-state index contributed by atoms with van der Waals surface area (Å²) in [6.07, 6.45) is 1.88. The number of halogens is 2. The highest BCUT2D eigenvalue weighted by Gasteiger charge is 2.20. The van der Waals surface area contributed by atoms with Gasteiger partial charge >= 0.3 is 0 Å². The Bertz CT molecular complexity index is 1190. The Morgan fingerprint density at radius 1 is 1.03 bits per heavy atom. The van der Waals surface area contributed by atoms with Gasteiger partial charge in [0.15, 0.2) is 11.5 Å². The maximum Gasteiger partial charge on any atom is 0.161 e. The second-order valence-corrected chi connectivity index (χ2v) is 7.07. The van der Waals surface area contributed by atoms with Crippen molar-refractivity contribution in [3.05, 3.63) is 77.2 Å². The third-order valence-corrected chi connectivity index (χ3v) is 5.11. The number of pyridine rings is 1. The topological polar surface area (TPSA) is 47.8 Å². The second-order valence-electron chi connectivity index (χ2n) is 6.67. The minimum Gasteiger partial charge on any atom is -0.486 e. The van der Waals surface area contributed by atoms with Crippen molar-refractivity contribution in [2.45, 2.75) is 6.54 Å². The first-order valence-electron chi connectivity index (χ1n) is 9.24. The molecule has 0 saturated heterocycles. The lowest BCUT2D eigenvalue weighted by Crippen LogP contribution is -2.15. The molecular weight excluding hydrogens is 393 g/mol. The van der Waals surface area contributed by atoms with E-state index in [9.17, 15) is 4.39 Å². The fourth-order valence-electron chi connectivity index (χ4n) is 3.45. The van der Waals surface area contributed by atoms with Gasteiger partial charge in [0.25, 0.3) is 0 Å². The van der Waals surface area contributed by atoms with Gasteiger partial charge in [-0.2, -0.15) is 0 Å². The molecule has 5 rings (SSSR count). The van der Waals surface area contributed by atoms with Gasteiger partial charge in [-0.15, -0.1) is 0 Å². The number of imidazole rings is 1. The zero-order valence-corrected chi connectivity index (χ0v) is 16.1. The molecule has 29 heavy (non-hydrogen) atoms. The lowest BCUT2D eigenvalue weighted by Gasteiger charge is -2.19. The zero-order chi connectivity index (χ0) is 19.8. The second kappa shape index (κ2) is 7.29. The van der Waals surface area contributed by atoms with Gasteiger partial charge in [0.1, 0.15) is 36.2 Å². The van der Waals surface area contributed by atoms with Crippen LogP contribution in [0.1, 0.15) is 5.56 Å². The molecule has 0 fully saturated rings. The van der Waals surface area contributed by atoms with E-state index >= 15 is 0 Å². The van der Waals surface area contributed by atoms with Crippen LogP contribution >= 0.6 is 11.6 Å². The van der Waals surface area contributed by atoms with Crippen molar-refractivity contribution in [2.24, 2.45) is 0 Å². The van der Waals surface area contributed by atoms with Gasteiger partial charge in [0, 0.05) is 12.7 Å². The molecule has 0 radical (unpaired) electrons. The highest BCUT2D eigenvalue weighted by atomic mass is 35.5. The molecular formula is C22H17ClFN3O2. The number of aromatic nitrogens is 2. The molecule has 146 valence electrons. The fraction of sp³-hybridized carbons (Fsp3) is 0.136. The summed E-state index contributed by atoms with van der Waals surface area (Å²) in [5.74, 6) is 1.73. The third-order valence-electron chi connectivity index (χ3n) is 4.80. The first-order chi connectivity index (χ1) is 14.2. The predicted molar refractivity (Wildman–Crippen MR) is 110 cm³/mol. The normalized spacial score (nSPS) is 12.9. The minimum absolute atomic E-state index is 0.280. The molecule has 4 aromatic rings. The lowest BCUT2D eigenvalue weighted by molar-refractivity contribution is 0.171. The van der Waals surface area contributed by atoms with Gasteiger partial charge in [-0.05, 0) is 42.0 Å². The molecule has 1 aliphatic rings. The minimum atomic E-state index is -0.414. The highest BCUT2D eigenvalue weighted by molar-refractivity contribution is 6.33. The largest absolute Gasteiger partial charge is 0.486 e. The van der Waals surface area contributed by atoms with Crippen molar-refractivity contribution in [1.82, 2.24) is 9.38 Å². The number of hydrogen-bond donors (Lipinski definition) is 1. The average molecular weight is 410 g/mol. The van der Waals surface area contributed by atoms with E-state index in [0.29, 0.717) is 41.9 Å². The van der Waals surface area contributed by atoms with E-state index in [1.807, 2.05) is 47.0 Å². The monoisotopic (exact) mass is 409 g/mol. The number of anilines is 1. The first-order valence-corrected chi connectivity index (χ1v) is 9.62. The molecule has 5 nitrogen and oxygen atoms in total. The van der Waals surface area contributed by atoms with Crippen LogP contribution in [-0.2, 0) is 6.54 Å². The summed E-state index contributed by atoms with van der Waals surface area (Å²) in [5, 5.41) is 3.71. The van der Waals surface area contributed by atoms with E-state index in [4.69, 9.17) is 21.1 Å². The average Bonchev–Trinajstić information content (AvgIpc) is 3.10. The van der Waals surface area contributed by atoms with Crippen molar-refractivity contribution >= 4 is 23.1 Å². The van der Waals surface area contributed by atoms with Gasteiger partial charge in [-0.3, -0.25) is 4.40 Å². The van der Waals surface area contributed by atoms with Crippen molar-refractivity contribution in [3.8, 4) is 22.8 Å². The molecule has 0 unspecified atom stereocenters. The number of hydrogen-bond acceptors (Lipinski definition) is 4. The molecule has 0 saturated carbocycles. The van der Waals surface area contributed by atoms with Crippen LogP contribution in [0.15, 0.2) is 60.8 Å². The Kier molecular flexibility index (Phi) is 4.48. The molecule has 0 bridgehead atoms.